The van der Waals surface area contributed by atoms with Crippen molar-refractivity contribution in [3.05, 3.63) is 64.8 Å². The van der Waals surface area contributed by atoms with Crippen molar-refractivity contribution in [2.75, 3.05) is 25.6 Å². The summed E-state index contributed by atoms with van der Waals surface area (Å²) in [5.74, 6) is 2.81. The molecule has 0 amide bonds. The Labute approximate surface area is 167 Å². The second-order valence-electron chi connectivity index (χ2n) is 6.90. The SMILES string of the molecule is C#CCOc1ccc2cc3c(=O)c(O)c(-c4ccc(N(C)C)cc4)oc3cc2c1. The molecular weight excluding hydrogens is 366 g/mol. The molecule has 0 radical (unpaired) electrons. The first-order chi connectivity index (χ1) is 14.0. The number of fused-ring (bicyclic) bond motifs is 2. The van der Waals surface area contributed by atoms with Crippen LogP contribution in [0.5, 0.6) is 11.5 Å². The van der Waals surface area contributed by atoms with Crippen molar-refractivity contribution in [2.24, 2.45) is 0 Å². The standard InChI is InChI=1S/C24H19NO4/c1-4-11-28-19-10-7-16-13-20-21(14-17(16)12-19)29-24(23(27)22(20)26)15-5-8-18(9-6-15)25(2)3/h1,5-10,12-14,27H,11H2,2-3H3. The lowest BCUT2D eigenvalue weighted by Crippen LogP contribution is -2.08. The van der Waals surface area contributed by atoms with Gasteiger partial charge in [0.25, 0.3) is 0 Å². The molecule has 0 atom stereocenters. The number of hydrogen-bond acceptors (Lipinski definition) is 5. The first-order valence-corrected chi connectivity index (χ1v) is 9.05. The monoisotopic (exact) mass is 385 g/mol. The third-order valence-electron chi connectivity index (χ3n) is 4.77. The molecule has 29 heavy (non-hydrogen) atoms. The zero-order valence-corrected chi connectivity index (χ0v) is 16.1. The minimum atomic E-state index is -0.465. The van der Waals surface area contributed by atoms with E-state index in [1.165, 1.54) is 0 Å². The molecule has 0 aliphatic rings. The van der Waals surface area contributed by atoms with Crippen molar-refractivity contribution >= 4 is 27.4 Å². The van der Waals surface area contributed by atoms with Gasteiger partial charge in [-0.1, -0.05) is 12.0 Å². The molecule has 144 valence electrons. The van der Waals surface area contributed by atoms with Crippen LogP contribution in [-0.4, -0.2) is 25.8 Å². The van der Waals surface area contributed by atoms with Gasteiger partial charge in [-0.3, -0.25) is 4.79 Å². The van der Waals surface area contributed by atoms with Gasteiger partial charge in [0.1, 0.15) is 17.9 Å². The van der Waals surface area contributed by atoms with Crippen LogP contribution in [0.2, 0.25) is 0 Å². The molecule has 5 heteroatoms. The molecule has 0 fully saturated rings. The number of benzene rings is 3. The van der Waals surface area contributed by atoms with E-state index in [0.29, 0.717) is 22.3 Å². The molecule has 1 aromatic heterocycles. The smallest absolute Gasteiger partial charge is 0.235 e. The molecule has 0 aliphatic heterocycles. The minimum absolute atomic E-state index is 0.145. The molecule has 1 N–H and O–H groups in total. The second-order valence-corrected chi connectivity index (χ2v) is 6.90. The average molecular weight is 385 g/mol. The Bertz CT molecular complexity index is 1310. The molecule has 0 spiro atoms. The molecule has 1 heterocycles. The fourth-order valence-electron chi connectivity index (χ4n) is 3.23. The Balaban J connectivity index is 1.88. The van der Waals surface area contributed by atoms with E-state index in [4.69, 9.17) is 15.6 Å². The molecule has 4 rings (SSSR count). The Morgan fingerprint density at radius 2 is 1.83 bits per heavy atom. The van der Waals surface area contributed by atoms with Gasteiger partial charge in [0.05, 0.1) is 5.39 Å². The molecule has 0 unspecified atom stereocenters. The predicted molar refractivity (Wildman–Crippen MR) is 116 cm³/mol. The Hall–Kier alpha value is -3.91. The molecule has 0 aliphatic carbocycles. The maximum atomic E-state index is 12.8. The van der Waals surface area contributed by atoms with Crippen LogP contribution < -0.4 is 15.1 Å². The number of rotatable bonds is 4. The highest BCUT2D eigenvalue weighted by atomic mass is 16.5. The summed E-state index contributed by atoms with van der Waals surface area (Å²) in [7, 11) is 3.88. The summed E-state index contributed by atoms with van der Waals surface area (Å²) in [4.78, 5) is 14.7. The van der Waals surface area contributed by atoms with E-state index in [1.807, 2.05) is 55.4 Å². The molecule has 0 saturated carbocycles. The number of nitrogens with zero attached hydrogens (tertiary/aromatic N) is 1. The zero-order chi connectivity index (χ0) is 20.5. The van der Waals surface area contributed by atoms with Crippen LogP contribution in [0.15, 0.2) is 63.8 Å². The highest BCUT2D eigenvalue weighted by Crippen LogP contribution is 2.33. The molecule has 0 bridgehead atoms. The van der Waals surface area contributed by atoms with E-state index >= 15 is 0 Å². The quantitative estimate of drug-likeness (QED) is 0.417. The van der Waals surface area contributed by atoms with E-state index in [0.717, 1.165) is 16.5 Å². The molecular formula is C24H19NO4. The Kier molecular flexibility index (Phi) is 4.61. The van der Waals surface area contributed by atoms with Gasteiger partial charge in [-0.2, -0.15) is 0 Å². The maximum Gasteiger partial charge on any atom is 0.235 e. The summed E-state index contributed by atoms with van der Waals surface area (Å²) in [6.45, 7) is 0.176. The van der Waals surface area contributed by atoms with Crippen molar-refractivity contribution < 1.29 is 14.3 Å². The minimum Gasteiger partial charge on any atom is -0.502 e. The van der Waals surface area contributed by atoms with E-state index in [-0.39, 0.29) is 12.4 Å². The van der Waals surface area contributed by atoms with Gasteiger partial charge < -0.3 is 19.2 Å². The van der Waals surface area contributed by atoms with Crippen molar-refractivity contribution in [2.45, 2.75) is 0 Å². The van der Waals surface area contributed by atoms with Gasteiger partial charge in [0, 0.05) is 25.3 Å². The summed E-state index contributed by atoms with van der Waals surface area (Å²) in [5.41, 5.74) is 1.55. The second kappa shape index (κ2) is 7.25. The highest BCUT2D eigenvalue weighted by molar-refractivity contribution is 5.97. The summed E-state index contributed by atoms with van der Waals surface area (Å²) in [5, 5.41) is 12.5. The summed E-state index contributed by atoms with van der Waals surface area (Å²) in [6, 6.07) is 16.4. The summed E-state index contributed by atoms with van der Waals surface area (Å²) >= 11 is 0. The van der Waals surface area contributed by atoms with Crippen molar-refractivity contribution in [3.8, 4) is 35.2 Å². The molecule has 0 saturated heterocycles. The van der Waals surface area contributed by atoms with Crippen LogP contribution in [0.25, 0.3) is 33.1 Å². The van der Waals surface area contributed by atoms with Gasteiger partial charge in [-0.05, 0) is 59.3 Å². The Morgan fingerprint density at radius 1 is 1.07 bits per heavy atom. The normalized spacial score (nSPS) is 10.8. The van der Waals surface area contributed by atoms with Crippen molar-refractivity contribution in [1.29, 1.82) is 0 Å². The van der Waals surface area contributed by atoms with Crippen molar-refractivity contribution in [1.82, 2.24) is 0 Å². The molecule has 5 nitrogen and oxygen atoms in total. The third-order valence-corrected chi connectivity index (χ3v) is 4.77. The topological polar surface area (TPSA) is 62.9 Å². The lowest BCUT2D eigenvalue weighted by molar-refractivity contribution is 0.371. The van der Waals surface area contributed by atoms with Gasteiger partial charge >= 0.3 is 0 Å². The number of terminal acetylenes is 1. The maximum absolute atomic E-state index is 12.8. The van der Waals surface area contributed by atoms with Crippen LogP contribution in [0, 0.1) is 12.3 Å². The lowest BCUT2D eigenvalue weighted by Gasteiger charge is -2.13. The predicted octanol–water partition coefficient (Wildman–Crippen LogP) is 4.40. The van der Waals surface area contributed by atoms with Crippen LogP contribution >= 0.6 is 0 Å². The van der Waals surface area contributed by atoms with Gasteiger partial charge in [0.2, 0.25) is 11.2 Å². The van der Waals surface area contributed by atoms with Crippen LogP contribution in [0.3, 0.4) is 0 Å². The van der Waals surface area contributed by atoms with Crippen LogP contribution in [0.4, 0.5) is 5.69 Å². The third kappa shape index (κ3) is 3.37. The van der Waals surface area contributed by atoms with Gasteiger partial charge in [0.15, 0.2) is 5.76 Å². The largest absolute Gasteiger partial charge is 0.502 e. The fraction of sp³-hybridized carbons (Fsp3) is 0.125. The zero-order valence-electron chi connectivity index (χ0n) is 16.1. The van der Waals surface area contributed by atoms with Gasteiger partial charge in [-0.25, -0.2) is 0 Å². The summed E-state index contributed by atoms with van der Waals surface area (Å²) < 4.78 is 11.4. The van der Waals surface area contributed by atoms with E-state index in [1.54, 1.807) is 18.2 Å². The van der Waals surface area contributed by atoms with E-state index in [9.17, 15) is 9.90 Å². The highest BCUT2D eigenvalue weighted by Gasteiger charge is 2.16. The average Bonchev–Trinajstić information content (AvgIpc) is 2.73. The van der Waals surface area contributed by atoms with Gasteiger partial charge in [-0.15, -0.1) is 6.42 Å². The van der Waals surface area contributed by atoms with E-state index in [2.05, 4.69) is 5.92 Å². The Morgan fingerprint density at radius 3 is 2.52 bits per heavy atom. The first-order valence-electron chi connectivity index (χ1n) is 9.05. The number of hydrogen-bond donors (Lipinski definition) is 1. The lowest BCUT2D eigenvalue weighted by atomic mass is 10.1. The van der Waals surface area contributed by atoms with Crippen LogP contribution in [0.1, 0.15) is 0 Å². The molecule has 3 aromatic carbocycles. The van der Waals surface area contributed by atoms with Crippen LogP contribution in [-0.2, 0) is 0 Å². The first kappa shape index (κ1) is 18.5. The number of anilines is 1. The number of ether oxygens (including phenoxy) is 1. The van der Waals surface area contributed by atoms with Crippen molar-refractivity contribution in [3.63, 3.8) is 0 Å². The van der Waals surface area contributed by atoms with E-state index < -0.39 is 11.2 Å². The summed E-state index contributed by atoms with van der Waals surface area (Å²) in [6.07, 6.45) is 5.24. The number of aromatic hydroxyl groups is 1. The fourth-order valence-corrected chi connectivity index (χ4v) is 3.23. The molecule has 4 aromatic rings.